The third-order valence-corrected chi connectivity index (χ3v) is 3.67. The van der Waals surface area contributed by atoms with E-state index in [1.807, 2.05) is 0 Å². The Morgan fingerprint density at radius 1 is 1.24 bits per heavy atom. The lowest BCUT2D eigenvalue weighted by Gasteiger charge is -2.32. The molecule has 3 unspecified atom stereocenters. The number of hydrogen-bond acceptors (Lipinski definition) is 2. The van der Waals surface area contributed by atoms with Crippen molar-refractivity contribution in [2.75, 3.05) is 6.54 Å². The quantitative estimate of drug-likeness (QED) is 0.823. The molecule has 2 heteroatoms. The Balaban J connectivity index is 2.15. The van der Waals surface area contributed by atoms with Crippen molar-refractivity contribution in [3.63, 3.8) is 0 Å². The van der Waals surface area contributed by atoms with E-state index in [1.54, 1.807) is 0 Å². The van der Waals surface area contributed by atoms with Crippen LogP contribution in [0.15, 0.2) is 18.2 Å². The van der Waals surface area contributed by atoms with Crippen molar-refractivity contribution < 1.29 is 5.11 Å². The molecule has 1 saturated heterocycles. The van der Waals surface area contributed by atoms with Gasteiger partial charge in [-0.25, -0.2) is 0 Å². The van der Waals surface area contributed by atoms with Crippen molar-refractivity contribution in [3.05, 3.63) is 34.9 Å². The summed E-state index contributed by atoms with van der Waals surface area (Å²) in [5.74, 6) is 0.710. The Bertz CT molecular complexity index is 368. The zero-order valence-electron chi connectivity index (χ0n) is 11.0. The number of rotatable bonds is 2. The van der Waals surface area contributed by atoms with E-state index in [1.165, 1.54) is 17.5 Å². The standard InChI is InChI=1S/C15H23NO/c1-10-4-5-16-14(9-10)15(17)13-7-11(2)6-12(3)8-13/h6-8,10,14-17H,4-5,9H2,1-3H3. The van der Waals surface area contributed by atoms with Crippen molar-refractivity contribution in [2.45, 2.75) is 45.8 Å². The van der Waals surface area contributed by atoms with Crippen LogP contribution < -0.4 is 5.32 Å². The summed E-state index contributed by atoms with van der Waals surface area (Å²) in [7, 11) is 0. The van der Waals surface area contributed by atoms with Crippen LogP contribution in [-0.4, -0.2) is 17.7 Å². The lowest BCUT2D eigenvalue weighted by molar-refractivity contribution is 0.101. The van der Waals surface area contributed by atoms with Crippen LogP contribution in [0.1, 0.15) is 42.6 Å². The average molecular weight is 233 g/mol. The first-order chi connectivity index (χ1) is 8.06. The number of aliphatic hydroxyl groups excluding tert-OH is 1. The number of benzene rings is 1. The number of aryl methyl sites for hydroxylation is 2. The fraction of sp³-hybridized carbons (Fsp3) is 0.600. The maximum absolute atomic E-state index is 10.4. The molecule has 3 atom stereocenters. The molecule has 1 aliphatic heterocycles. The molecule has 0 spiro atoms. The summed E-state index contributed by atoms with van der Waals surface area (Å²) >= 11 is 0. The van der Waals surface area contributed by atoms with Gasteiger partial charge >= 0.3 is 0 Å². The van der Waals surface area contributed by atoms with Crippen molar-refractivity contribution in [2.24, 2.45) is 5.92 Å². The van der Waals surface area contributed by atoms with Crippen LogP contribution in [0.5, 0.6) is 0 Å². The predicted octanol–water partition coefficient (Wildman–Crippen LogP) is 2.72. The summed E-state index contributed by atoms with van der Waals surface area (Å²) in [4.78, 5) is 0. The minimum Gasteiger partial charge on any atom is -0.387 e. The fourth-order valence-electron chi connectivity index (χ4n) is 2.80. The van der Waals surface area contributed by atoms with E-state index in [9.17, 15) is 5.11 Å². The summed E-state index contributed by atoms with van der Waals surface area (Å²) in [6.45, 7) is 7.45. The van der Waals surface area contributed by atoms with Crippen molar-refractivity contribution in [1.29, 1.82) is 0 Å². The average Bonchev–Trinajstić information content (AvgIpc) is 2.26. The molecule has 1 heterocycles. The first-order valence-electron chi connectivity index (χ1n) is 6.56. The molecule has 0 aromatic heterocycles. The van der Waals surface area contributed by atoms with Gasteiger partial charge in [-0.2, -0.15) is 0 Å². The van der Waals surface area contributed by atoms with E-state index in [0.717, 1.165) is 18.5 Å². The van der Waals surface area contributed by atoms with Crippen LogP contribution >= 0.6 is 0 Å². The van der Waals surface area contributed by atoms with E-state index in [0.29, 0.717) is 5.92 Å². The van der Waals surface area contributed by atoms with Gasteiger partial charge in [-0.3, -0.25) is 0 Å². The maximum Gasteiger partial charge on any atom is 0.0943 e. The fourth-order valence-corrected chi connectivity index (χ4v) is 2.80. The Morgan fingerprint density at radius 3 is 2.47 bits per heavy atom. The third kappa shape index (κ3) is 3.08. The van der Waals surface area contributed by atoms with Gasteiger partial charge in [-0.15, -0.1) is 0 Å². The van der Waals surface area contributed by atoms with Gasteiger partial charge in [0, 0.05) is 6.04 Å². The topological polar surface area (TPSA) is 32.3 Å². The van der Waals surface area contributed by atoms with Crippen LogP contribution in [0.3, 0.4) is 0 Å². The summed E-state index contributed by atoms with van der Waals surface area (Å²) in [6, 6.07) is 6.55. The zero-order valence-corrected chi connectivity index (χ0v) is 11.0. The molecular weight excluding hydrogens is 210 g/mol. The third-order valence-electron chi connectivity index (χ3n) is 3.67. The van der Waals surface area contributed by atoms with Crippen LogP contribution in [0.2, 0.25) is 0 Å². The van der Waals surface area contributed by atoms with Crippen LogP contribution in [0.25, 0.3) is 0 Å². The van der Waals surface area contributed by atoms with Gasteiger partial charge in [-0.05, 0) is 44.7 Å². The van der Waals surface area contributed by atoms with Crippen molar-refractivity contribution in [1.82, 2.24) is 5.32 Å². The van der Waals surface area contributed by atoms with Gasteiger partial charge in [0.2, 0.25) is 0 Å². The molecule has 2 nitrogen and oxygen atoms in total. The molecule has 0 bridgehead atoms. The Labute approximate surface area is 104 Å². The SMILES string of the molecule is Cc1cc(C)cc(C(O)C2CC(C)CCN2)c1. The smallest absolute Gasteiger partial charge is 0.0943 e. The summed E-state index contributed by atoms with van der Waals surface area (Å²) in [6.07, 6.45) is 1.90. The lowest BCUT2D eigenvalue weighted by Crippen LogP contribution is -2.41. The van der Waals surface area contributed by atoms with Crippen LogP contribution in [0.4, 0.5) is 0 Å². The van der Waals surface area contributed by atoms with Gasteiger partial charge in [0.1, 0.15) is 0 Å². The maximum atomic E-state index is 10.4. The highest BCUT2D eigenvalue weighted by Gasteiger charge is 2.25. The largest absolute Gasteiger partial charge is 0.387 e. The Hall–Kier alpha value is -0.860. The van der Waals surface area contributed by atoms with Gasteiger partial charge < -0.3 is 10.4 Å². The predicted molar refractivity (Wildman–Crippen MR) is 71.1 cm³/mol. The molecule has 1 aliphatic rings. The number of piperidine rings is 1. The Kier molecular flexibility index (Phi) is 3.85. The van der Waals surface area contributed by atoms with E-state index in [-0.39, 0.29) is 12.1 Å². The number of nitrogens with one attached hydrogen (secondary N) is 1. The molecule has 1 fully saturated rings. The molecule has 2 rings (SSSR count). The van der Waals surface area contributed by atoms with Gasteiger partial charge in [0.05, 0.1) is 6.10 Å². The molecule has 1 aromatic carbocycles. The molecule has 94 valence electrons. The summed E-state index contributed by atoms with van der Waals surface area (Å²) in [5.41, 5.74) is 3.50. The second-order valence-electron chi connectivity index (χ2n) is 5.56. The molecule has 17 heavy (non-hydrogen) atoms. The van der Waals surface area contributed by atoms with E-state index < -0.39 is 0 Å². The first-order valence-corrected chi connectivity index (χ1v) is 6.56. The minimum atomic E-state index is -0.378. The lowest BCUT2D eigenvalue weighted by atomic mass is 9.88. The van der Waals surface area contributed by atoms with Crippen molar-refractivity contribution in [3.8, 4) is 0 Å². The highest BCUT2D eigenvalue weighted by Crippen LogP contribution is 2.26. The minimum absolute atomic E-state index is 0.208. The monoisotopic (exact) mass is 233 g/mol. The first kappa shape index (κ1) is 12.6. The highest BCUT2D eigenvalue weighted by molar-refractivity contribution is 5.30. The van der Waals surface area contributed by atoms with E-state index >= 15 is 0 Å². The molecule has 0 radical (unpaired) electrons. The molecule has 0 aliphatic carbocycles. The second kappa shape index (κ2) is 5.19. The van der Waals surface area contributed by atoms with Crippen LogP contribution in [0, 0.1) is 19.8 Å². The molecule has 0 amide bonds. The zero-order chi connectivity index (χ0) is 12.4. The Morgan fingerprint density at radius 2 is 1.88 bits per heavy atom. The summed E-state index contributed by atoms with van der Waals surface area (Å²) in [5, 5.41) is 13.9. The number of aliphatic hydroxyl groups is 1. The van der Waals surface area contributed by atoms with Crippen LogP contribution in [-0.2, 0) is 0 Å². The molecule has 0 saturated carbocycles. The molecule has 1 aromatic rings. The highest BCUT2D eigenvalue weighted by atomic mass is 16.3. The van der Waals surface area contributed by atoms with Gasteiger partial charge in [-0.1, -0.05) is 36.2 Å². The normalized spacial score (nSPS) is 26.8. The van der Waals surface area contributed by atoms with Crippen molar-refractivity contribution >= 4 is 0 Å². The second-order valence-corrected chi connectivity index (χ2v) is 5.56. The summed E-state index contributed by atoms with van der Waals surface area (Å²) < 4.78 is 0. The molecule has 2 N–H and O–H groups in total. The van der Waals surface area contributed by atoms with Gasteiger partial charge in [0.25, 0.3) is 0 Å². The van der Waals surface area contributed by atoms with Gasteiger partial charge in [0.15, 0.2) is 0 Å². The number of hydrogen-bond donors (Lipinski definition) is 2. The van der Waals surface area contributed by atoms with E-state index in [4.69, 9.17) is 0 Å². The van der Waals surface area contributed by atoms with E-state index in [2.05, 4.69) is 44.3 Å². The molecular formula is C15H23NO.